The van der Waals surface area contributed by atoms with Crippen molar-refractivity contribution in [2.24, 2.45) is 0 Å². The largest absolute Gasteiger partial charge is 0.311 e. The Bertz CT molecular complexity index is 328. The average molecular weight is 203 g/mol. The summed E-state index contributed by atoms with van der Waals surface area (Å²) in [5.74, 6) is 0. The first-order valence-corrected chi connectivity index (χ1v) is 5.39. The van der Waals surface area contributed by atoms with Crippen LogP contribution in [0.4, 0.5) is 0 Å². The quantitative estimate of drug-likeness (QED) is 0.720. The van der Waals surface area contributed by atoms with Crippen LogP contribution in [0.25, 0.3) is 0 Å². The van der Waals surface area contributed by atoms with Gasteiger partial charge < -0.3 is 5.32 Å². The van der Waals surface area contributed by atoms with Gasteiger partial charge in [0, 0.05) is 19.2 Å². The number of hydrogen-bond donors (Lipinski definition) is 1. The van der Waals surface area contributed by atoms with Crippen molar-refractivity contribution >= 4 is 0 Å². The highest BCUT2D eigenvalue weighted by Crippen LogP contribution is 2.05. The number of aryl methyl sites for hydroxylation is 1. The second-order valence-electron chi connectivity index (χ2n) is 3.40. The first-order valence-electron chi connectivity index (χ1n) is 5.39. The summed E-state index contributed by atoms with van der Waals surface area (Å²) in [6.07, 6.45) is 4.37. The molecule has 0 amide bonds. The summed E-state index contributed by atoms with van der Waals surface area (Å²) in [4.78, 5) is 4.34. The van der Waals surface area contributed by atoms with Crippen molar-refractivity contribution in [1.82, 2.24) is 10.3 Å². The van der Waals surface area contributed by atoms with E-state index in [-0.39, 0.29) is 0 Å². The molecule has 0 atom stereocenters. The minimum Gasteiger partial charge on any atom is -0.311 e. The van der Waals surface area contributed by atoms with E-state index >= 15 is 0 Å². The van der Waals surface area contributed by atoms with Crippen molar-refractivity contribution in [2.45, 2.75) is 32.7 Å². The van der Waals surface area contributed by atoms with Crippen LogP contribution in [0.15, 0.2) is 18.3 Å². The highest BCUT2D eigenvalue weighted by atomic mass is 14.9. The fraction of sp³-hybridized carbons (Fsp3) is 0.500. The van der Waals surface area contributed by atoms with Gasteiger partial charge in [-0.15, -0.1) is 0 Å². The van der Waals surface area contributed by atoms with Gasteiger partial charge in [0.15, 0.2) is 0 Å². The number of rotatable bonds is 6. The molecule has 1 aromatic heterocycles. The highest BCUT2D eigenvalue weighted by molar-refractivity contribution is 5.19. The number of aromatic nitrogens is 1. The summed E-state index contributed by atoms with van der Waals surface area (Å²) < 4.78 is 0. The van der Waals surface area contributed by atoms with E-state index in [1.165, 1.54) is 5.56 Å². The summed E-state index contributed by atoms with van der Waals surface area (Å²) in [6.45, 7) is 3.82. The third-order valence-corrected chi connectivity index (χ3v) is 2.30. The van der Waals surface area contributed by atoms with E-state index in [1.807, 2.05) is 12.3 Å². The Morgan fingerprint density at radius 1 is 1.53 bits per heavy atom. The molecule has 0 aliphatic heterocycles. The molecule has 0 radical (unpaired) electrons. The molecule has 0 aliphatic carbocycles. The Kier molecular flexibility index (Phi) is 5.42. The lowest BCUT2D eigenvalue weighted by molar-refractivity contribution is 0.644. The lowest BCUT2D eigenvalue weighted by Gasteiger charge is -2.07. The molecular weight excluding hydrogens is 186 g/mol. The molecule has 15 heavy (non-hydrogen) atoms. The number of pyridine rings is 1. The molecule has 3 heteroatoms. The Morgan fingerprint density at radius 3 is 3.13 bits per heavy atom. The second-order valence-corrected chi connectivity index (χ2v) is 3.40. The highest BCUT2D eigenvalue weighted by Gasteiger charge is 1.99. The Balaban J connectivity index is 2.34. The molecule has 1 rings (SSSR count). The van der Waals surface area contributed by atoms with Crippen molar-refractivity contribution in [3.63, 3.8) is 0 Å². The SMILES string of the molecule is CCc1cccnc1CNCCCC#N. The van der Waals surface area contributed by atoms with Crippen LogP contribution < -0.4 is 5.32 Å². The van der Waals surface area contributed by atoms with Gasteiger partial charge in [-0.2, -0.15) is 5.26 Å². The second kappa shape index (κ2) is 6.97. The molecule has 0 saturated carbocycles. The zero-order chi connectivity index (χ0) is 10.9. The molecule has 1 aromatic rings. The molecular formula is C12H17N3. The summed E-state index contributed by atoms with van der Waals surface area (Å²) in [7, 11) is 0. The third-order valence-electron chi connectivity index (χ3n) is 2.30. The number of nitrogens with one attached hydrogen (secondary N) is 1. The van der Waals surface area contributed by atoms with Crippen LogP contribution in [0, 0.1) is 11.3 Å². The summed E-state index contributed by atoms with van der Waals surface area (Å²) >= 11 is 0. The maximum Gasteiger partial charge on any atom is 0.0622 e. The number of nitrogens with zero attached hydrogens (tertiary/aromatic N) is 2. The Labute approximate surface area is 91.1 Å². The third kappa shape index (κ3) is 4.09. The van der Waals surface area contributed by atoms with Gasteiger partial charge in [-0.1, -0.05) is 13.0 Å². The molecule has 0 aliphatic rings. The molecule has 3 nitrogen and oxygen atoms in total. The maximum atomic E-state index is 8.37. The smallest absolute Gasteiger partial charge is 0.0622 e. The van der Waals surface area contributed by atoms with E-state index in [2.05, 4.69) is 29.4 Å². The maximum absolute atomic E-state index is 8.37. The molecule has 80 valence electrons. The van der Waals surface area contributed by atoms with Crippen LogP contribution in [0.5, 0.6) is 0 Å². The van der Waals surface area contributed by atoms with E-state index in [1.54, 1.807) is 0 Å². The van der Waals surface area contributed by atoms with Crippen LogP contribution in [0.2, 0.25) is 0 Å². The molecule has 0 bridgehead atoms. The van der Waals surface area contributed by atoms with Gasteiger partial charge in [0.05, 0.1) is 11.8 Å². The van der Waals surface area contributed by atoms with Crippen LogP contribution in [0.1, 0.15) is 31.0 Å². The molecule has 0 unspecified atom stereocenters. The topological polar surface area (TPSA) is 48.7 Å². The van der Waals surface area contributed by atoms with Crippen molar-refractivity contribution < 1.29 is 0 Å². The van der Waals surface area contributed by atoms with Gasteiger partial charge in [0.1, 0.15) is 0 Å². The summed E-state index contributed by atoms with van der Waals surface area (Å²) in [6, 6.07) is 6.21. The van der Waals surface area contributed by atoms with Gasteiger partial charge in [-0.3, -0.25) is 4.98 Å². The Hall–Kier alpha value is -1.40. The van der Waals surface area contributed by atoms with E-state index < -0.39 is 0 Å². The monoisotopic (exact) mass is 203 g/mol. The van der Waals surface area contributed by atoms with Crippen LogP contribution in [-0.2, 0) is 13.0 Å². The van der Waals surface area contributed by atoms with Gasteiger partial charge in [0.25, 0.3) is 0 Å². The van der Waals surface area contributed by atoms with Crippen LogP contribution >= 0.6 is 0 Å². The first-order chi connectivity index (χ1) is 7.38. The van der Waals surface area contributed by atoms with E-state index in [0.717, 1.165) is 31.6 Å². The van der Waals surface area contributed by atoms with Gasteiger partial charge in [-0.25, -0.2) is 0 Å². The van der Waals surface area contributed by atoms with Gasteiger partial charge >= 0.3 is 0 Å². The normalized spacial score (nSPS) is 9.87. The molecule has 0 fully saturated rings. The number of hydrogen-bond acceptors (Lipinski definition) is 3. The van der Waals surface area contributed by atoms with Crippen molar-refractivity contribution in [3.8, 4) is 6.07 Å². The predicted octanol–water partition coefficient (Wildman–Crippen LogP) is 2.04. The predicted molar refractivity (Wildman–Crippen MR) is 60.2 cm³/mol. The molecule has 0 aromatic carbocycles. The summed E-state index contributed by atoms with van der Waals surface area (Å²) in [5, 5.41) is 11.7. The molecule has 0 spiro atoms. The van der Waals surface area contributed by atoms with Gasteiger partial charge in [-0.05, 0) is 31.0 Å². The Morgan fingerprint density at radius 2 is 2.40 bits per heavy atom. The lowest BCUT2D eigenvalue weighted by atomic mass is 10.1. The van der Waals surface area contributed by atoms with Crippen LogP contribution in [0.3, 0.4) is 0 Å². The van der Waals surface area contributed by atoms with Crippen molar-refractivity contribution in [1.29, 1.82) is 5.26 Å². The minimum atomic E-state index is 0.621. The van der Waals surface area contributed by atoms with E-state index in [4.69, 9.17) is 5.26 Å². The summed E-state index contributed by atoms with van der Waals surface area (Å²) in [5.41, 5.74) is 2.42. The zero-order valence-electron chi connectivity index (χ0n) is 9.16. The fourth-order valence-electron chi connectivity index (χ4n) is 1.45. The molecule has 0 saturated heterocycles. The van der Waals surface area contributed by atoms with Crippen LogP contribution in [-0.4, -0.2) is 11.5 Å². The molecule has 1 N–H and O–H groups in total. The lowest BCUT2D eigenvalue weighted by Crippen LogP contribution is -2.16. The molecule has 1 heterocycles. The van der Waals surface area contributed by atoms with Gasteiger partial charge in [0.2, 0.25) is 0 Å². The zero-order valence-corrected chi connectivity index (χ0v) is 9.16. The fourth-order valence-corrected chi connectivity index (χ4v) is 1.45. The number of nitriles is 1. The standard InChI is InChI=1S/C12H17N3/c1-2-11-6-5-9-15-12(11)10-14-8-4-3-7-13/h5-6,9,14H,2-4,8,10H2,1H3. The van der Waals surface area contributed by atoms with Crippen molar-refractivity contribution in [2.75, 3.05) is 6.54 Å². The average Bonchev–Trinajstić information content (AvgIpc) is 2.29. The van der Waals surface area contributed by atoms with Crippen molar-refractivity contribution in [3.05, 3.63) is 29.6 Å². The minimum absolute atomic E-state index is 0.621. The van der Waals surface area contributed by atoms with E-state index in [9.17, 15) is 0 Å². The van der Waals surface area contributed by atoms with E-state index in [0.29, 0.717) is 6.42 Å². The first kappa shape index (κ1) is 11.7. The number of unbranched alkanes of at least 4 members (excludes halogenated alkanes) is 1.